The van der Waals surface area contributed by atoms with E-state index in [0.29, 0.717) is 5.71 Å². The van der Waals surface area contributed by atoms with E-state index in [1.807, 2.05) is 0 Å². The van der Waals surface area contributed by atoms with Crippen LogP contribution in [0.5, 0.6) is 0 Å². The van der Waals surface area contributed by atoms with Crippen LogP contribution in [0, 0.1) is 23.5 Å². The molecule has 1 aliphatic carbocycles. The Balaban J connectivity index is 1.37. The number of hydrogen-bond donors (Lipinski definition) is 1. The average molecular weight is 479 g/mol. The SMILES string of the molecule is O=C(NN1C(=O)C2C=CC=CC2=NC1=S)C1CCN(C(=O)c2cc(F)c(Cl)cc2F)CC1. The van der Waals surface area contributed by atoms with Crippen molar-refractivity contribution in [2.24, 2.45) is 16.8 Å². The number of amides is 3. The molecule has 0 aromatic heterocycles. The number of thiocarbonyl (C=S) groups is 1. The van der Waals surface area contributed by atoms with E-state index >= 15 is 0 Å². The van der Waals surface area contributed by atoms with Crippen LogP contribution in [0.3, 0.4) is 0 Å². The third-order valence-corrected chi connectivity index (χ3v) is 6.08. The molecule has 7 nitrogen and oxygen atoms in total. The van der Waals surface area contributed by atoms with E-state index in [2.05, 4.69) is 10.4 Å². The number of allylic oxidation sites excluding steroid dienone is 3. The molecule has 11 heteroatoms. The Morgan fingerprint density at radius 1 is 1.16 bits per heavy atom. The lowest BCUT2D eigenvalue weighted by Crippen LogP contribution is -2.56. The molecule has 1 saturated heterocycles. The minimum Gasteiger partial charge on any atom is -0.339 e. The van der Waals surface area contributed by atoms with Crippen molar-refractivity contribution in [1.82, 2.24) is 15.3 Å². The summed E-state index contributed by atoms with van der Waals surface area (Å²) in [6.45, 7) is 0.328. The molecule has 1 unspecified atom stereocenters. The number of likely N-dealkylation sites (tertiary alicyclic amines) is 1. The lowest BCUT2D eigenvalue weighted by Gasteiger charge is -2.34. The van der Waals surface area contributed by atoms with Gasteiger partial charge in [0.2, 0.25) is 11.0 Å². The van der Waals surface area contributed by atoms with E-state index in [4.69, 9.17) is 23.8 Å². The number of aliphatic imine (C=N–C) groups is 1. The first-order valence-corrected chi connectivity index (χ1v) is 10.6. The lowest BCUT2D eigenvalue weighted by atomic mass is 9.95. The molecular weight excluding hydrogens is 462 g/mol. The van der Waals surface area contributed by atoms with Crippen LogP contribution in [0.1, 0.15) is 23.2 Å². The number of carbonyl (C=O) groups is 3. The van der Waals surface area contributed by atoms with Crippen molar-refractivity contribution < 1.29 is 23.2 Å². The van der Waals surface area contributed by atoms with Crippen molar-refractivity contribution in [2.75, 3.05) is 13.1 Å². The zero-order chi connectivity index (χ0) is 23.0. The van der Waals surface area contributed by atoms with E-state index in [-0.39, 0.29) is 31.0 Å². The Morgan fingerprint density at radius 2 is 1.88 bits per heavy atom. The van der Waals surface area contributed by atoms with Crippen molar-refractivity contribution in [3.8, 4) is 0 Å². The van der Waals surface area contributed by atoms with Gasteiger partial charge >= 0.3 is 0 Å². The molecule has 2 aliphatic heterocycles. The molecule has 1 aromatic rings. The maximum absolute atomic E-state index is 14.1. The fraction of sp³-hybridized carbons (Fsp3) is 0.286. The molecule has 1 aromatic carbocycles. The summed E-state index contributed by atoms with van der Waals surface area (Å²) >= 11 is 10.7. The summed E-state index contributed by atoms with van der Waals surface area (Å²) in [5, 5.41) is 0.511. The van der Waals surface area contributed by atoms with Crippen LogP contribution in [-0.4, -0.2) is 51.5 Å². The second kappa shape index (κ2) is 8.87. The van der Waals surface area contributed by atoms with Gasteiger partial charge in [0.25, 0.3) is 11.8 Å². The molecule has 0 radical (unpaired) electrons. The van der Waals surface area contributed by atoms with Gasteiger partial charge in [0, 0.05) is 19.0 Å². The maximum Gasteiger partial charge on any atom is 0.260 e. The van der Waals surface area contributed by atoms with Gasteiger partial charge in [-0.05, 0) is 43.3 Å². The standard InChI is InChI=1S/C21H17ClF2N4O3S/c22-14-10-15(23)13(9-16(14)24)19(30)27-7-5-11(6-8-27)18(29)26-28-20(31)12-3-1-2-4-17(12)25-21(28)32/h1-4,9-12H,5-8H2,(H,26,29). The minimum absolute atomic E-state index is 0.0533. The Hall–Kier alpha value is -2.98. The van der Waals surface area contributed by atoms with Gasteiger partial charge in [-0.3, -0.25) is 19.8 Å². The molecule has 1 N–H and O–H groups in total. The van der Waals surface area contributed by atoms with Crippen LogP contribution in [0.15, 0.2) is 41.4 Å². The van der Waals surface area contributed by atoms with Crippen LogP contribution in [-0.2, 0) is 9.59 Å². The molecule has 2 heterocycles. The molecule has 1 fully saturated rings. The molecule has 3 aliphatic rings. The normalized spacial score (nSPS) is 20.8. The van der Waals surface area contributed by atoms with Crippen molar-refractivity contribution in [3.05, 3.63) is 58.7 Å². The smallest absolute Gasteiger partial charge is 0.260 e. The highest BCUT2D eigenvalue weighted by molar-refractivity contribution is 7.80. The number of piperidine rings is 1. The quantitative estimate of drug-likeness (QED) is 0.535. The van der Waals surface area contributed by atoms with Gasteiger partial charge in [-0.25, -0.2) is 13.8 Å². The summed E-state index contributed by atoms with van der Waals surface area (Å²) in [6, 6.07) is 1.53. The number of benzene rings is 1. The van der Waals surface area contributed by atoms with E-state index in [1.54, 1.807) is 24.3 Å². The summed E-state index contributed by atoms with van der Waals surface area (Å²) < 4.78 is 27.7. The number of hydrazine groups is 1. The maximum atomic E-state index is 14.1. The number of halogens is 3. The van der Waals surface area contributed by atoms with Crippen molar-refractivity contribution in [2.45, 2.75) is 12.8 Å². The van der Waals surface area contributed by atoms with Gasteiger partial charge in [-0.1, -0.05) is 29.8 Å². The van der Waals surface area contributed by atoms with Crippen LogP contribution in [0.25, 0.3) is 0 Å². The highest BCUT2D eigenvalue weighted by atomic mass is 35.5. The first-order chi connectivity index (χ1) is 15.3. The fourth-order valence-electron chi connectivity index (χ4n) is 3.75. The zero-order valence-corrected chi connectivity index (χ0v) is 18.1. The van der Waals surface area contributed by atoms with Gasteiger partial charge in [0.05, 0.1) is 16.3 Å². The highest BCUT2D eigenvalue weighted by Gasteiger charge is 2.37. The first-order valence-electron chi connectivity index (χ1n) is 9.82. The number of fused-ring (bicyclic) bond motifs is 1. The molecule has 0 bridgehead atoms. The summed E-state index contributed by atoms with van der Waals surface area (Å²) in [5.74, 6) is -4.41. The average Bonchev–Trinajstić information content (AvgIpc) is 2.78. The Bertz CT molecular complexity index is 1110. The number of hydrogen-bond acceptors (Lipinski definition) is 4. The summed E-state index contributed by atoms with van der Waals surface area (Å²) in [4.78, 5) is 43.5. The summed E-state index contributed by atoms with van der Waals surface area (Å²) in [5.41, 5.74) is 2.64. The van der Waals surface area contributed by atoms with Crippen LogP contribution < -0.4 is 5.43 Å². The lowest BCUT2D eigenvalue weighted by molar-refractivity contribution is -0.139. The molecule has 166 valence electrons. The Labute approximate surface area is 192 Å². The van der Waals surface area contributed by atoms with Gasteiger partial charge < -0.3 is 4.90 Å². The summed E-state index contributed by atoms with van der Waals surface area (Å²) in [6.07, 6.45) is 7.40. The van der Waals surface area contributed by atoms with Crippen LogP contribution in [0.4, 0.5) is 8.78 Å². The van der Waals surface area contributed by atoms with E-state index in [0.717, 1.165) is 17.1 Å². The second-order valence-corrected chi connectivity index (χ2v) is 8.28. The van der Waals surface area contributed by atoms with Gasteiger partial charge in [-0.2, -0.15) is 5.01 Å². The van der Waals surface area contributed by atoms with Gasteiger partial charge in [0.1, 0.15) is 17.6 Å². The minimum atomic E-state index is -0.912. The van der Waals surface area contributed by atoms with Gasteiger partial charge in [-0.15, -0.1) is 0 Å². The summed E-state index contributed by atoms with van der Waals surface area (Å²) in [7, 11) is 0. The van der Waals surface area contributed by atoms with Crippen molar-refractivity contribution >= 4 is 52.4 Å². The number of rotatable bonds is 3. The number of nitrogens with zero attached hydrogens (tertiary/aromatic N) is 3. The molecule has 4 rings (SSSR count). The van der Waals surface area contributed by atoms with Crippen molar-refractivity contribution in [3.63, 3.8) is 0 Å². The molecule has 0 saturated carbocycles. The number of carbonyl (C=O) groups excluding carboxylic acids is 3. The number of nitrogens with one attached hydrogen (secondary N) is 1. The fourth-order valence-corrected chi connectivity index (χ4v) is 4.14. The van der Waals surface area contributed by atoms with E-state index in [9.17, 15) is 23.2 Å². The topological polar surface area (TPSA) is 82.1 Å². The molecule has 3 amide bonds. The predicted octanol–water partition coefficient (Wildman–Crippen LogP) is 2.81. The Kier molecular flexibility index (Phi) is 6.16. The second-order valence-electron chi connectivity index (χ2n) is 7.50. The third kappa shape index (κ3) is 4.20. The van der Waals surface area contributed by atoms with Crippen LogP contribution in [0.2, 0.25) is 5.02 Å². The predicted molar refractivity (Wildman–Crippen MR) is 117 cm³/mol. The zero-order valence-electron chi connectivity index (χ0n) is 16.6. The van der Waals surface area contributed by atoms with E-state index in [1.165, 1.54) is 4.90 Å². The Morgan fingerprint density at radius 3 is 2.59 bits per heavy atom. The van der Waals surface area contributed by atoms with E-state index < -0.39 is 51.8 Å². The van der Waals surface area contributed by atoms with Gasteiger partial charge in [0.15, 0.2) is 0 Å². The third-order valence-electron chi connectivity index (χ3n) is 5.52. The highest BCUT2D eigenvalue weighted by Crippen LogP contribution is 2.24. The van der Waals surface area contributed by atoms with Crippen LogP contribution >= 0.6 is 23.8 Å². The van der Waals surface area contributed by atoms with Crippen molar-refractivity contribution in [1.29, 1.82) is 0 Å². The molecule has 1 atom stereocenters. The largest absolute Gasteiger partial charge is 0.339 e. The molecule has 32 heavy (non-hydrogen) atoms. The monoisotopic (exact) mass is 478 g/mol. The molecular formula is C21H17ClF2N4O3S. The first kappa shape index (κ1) is 22.2. The molecule has 0 spiro atoms.